The third kappa shape index (κ3) is 5.70. The molecule has 0 aliphatic heterocycles. The highest BCUT2D eigenvalue weighted by molar-refractivity contribution is 5.94. The minimum Gasteiger partial charge on any atom is -0.493 e. The van der Waals surface area contributed by atoms with E-state index in [4.69, 9.17) is 9.47 Å². The highest BCUT2D eigenvalue weighted by Crippen LogP contribution is 2.27. The summed E-state index contributed by atoms with van der Waals surface area (Å²) in [4.78, 5) is 24.0. The molecule has 0 fully saturated rings. The van der Waals surface area contributed by atoms with Crippen LogP contribution in [-0.2, 0) is 11.2 Å². The Hall–Kier alpha value is -3.09. The van der Waals surface area contributed by atoms with Crippen molar-refractivity contribution in [1.82, 2.24) is 10.6 Å². The molecule has 0 saturated heterocycles. The first-order chi connectivity index (χ1) is 12.9. The van der Waals surface area contributed by atoms with Crippen LogP contribution >= 0.6 is 0 Å². The van der Waals surface area contributed by atoms with Crippen molar-refractivity contribution in [2.45, 2.75) is 13.3 Å². The zero-order valence-electron chi connectivity index (χ0n) is 15.6. The first-order valence-electron chi connectivity index (χ1n) is 8.46. The molecule has 2 rings (SSSR count). The van der Waals surface area contributed by atoms with Crippen LogP contribution in [0.25, 0.3) is 0 Å². The average molecular weight is 374 g/mol. The Morgan fingerprint density at radius 1 is 0.963 bits per heavy atom. The fraction of sp³-hybridized carbons (Fsp3) is 0.300. The second kappa shape index (κ2) is 9.56. The van der Waals surface area contributed by atoms with Gasteiger partial charge < -0.3 is 20.1 Å². The zero-order valence-corrected chi connectivity index (χ0v) is 15.6. The van der Waals surface area contributed by atoms with Crippen molar-refractivity contribution in [3.05, 3.63) is 58.9 Å². The van der Waals surface area contributed by atoms with Gasteiger partial charge in [0, 0.05) is 18.7 Å². The van der Waals surface area contributed by atoms with Gasteiger partial charge >= 0.3 is 0 Å². The van der Waals surface area contributed by atoms with Gasteiger partial charge in [0.05, 0.1) is 20.6 Å². The molecule has 6 nitrogen and oxygen atoms in total. The molecule has 0 aliphatic rings. The van der Waals surface area contributed by atoms with Crippen LogP contribution in [0.1, 0.15) is 21.5 Å². The van der Waals surface area contributed by atoms with E-state index < -0.39 is 5.82 Å². The minimum atomic E-state index is -0.425. The number of carbonyl (C=O) groups is 2. The Balaban J connectivity index is 1.77. The van der Waals surface area contributed by atoms with E-state index >= 15 is 0 Å². The van der Waals surface area contributed by atoms with E-state index in [-0.39, 0.29) is 36.9 Å². The van der Waals surface area contributed by atoms with E-state index in [9.17, 15) is 14.0 Å². The van der Waals surface area contributed by atoms with Crippen LogP contribution in [0.4, 0.5) is 4.39 Å². The lowest BCUT2D eigenvalue weighted by Crippen LogP contribution is -2.35. The quantitative estimate of drug-likeness (QED) is 0.695. The standard InChI is InChI=1S/C20H23FN2O4/c1-13-4-6-15(12-16(13)21)20(25)23-9-8-22-19(24)11-14-5-7-17(26-2)18(10-14)27-3/h4-7,10,12H,8-9,11H2,1-3H3,(H,22,24)(H,23,25). The number of rotatable bonds is 8. The monoisotopic (exact) mass is 374 g/mol. The lowest BCUT2D eigenvalue weighted by atomic mass is 10.1. The molecule has 2 N–H and O–H groups in total. The van der Waals surface area contributed by atoms with Crippen molar-refractivity contribution in [2.24, 2.45) is 0 Å². The SMILES string of the molecule is COc1ccc(CC(=O)NCCNC(=O)c2ccc(C)c(F)c2)cc1OC. The number of methoxy groups -OCH3 is 2. The summed E-state index contributed by atoms with van der Waals surface area (Å²) >= 11 is 0. The number of amides is 2. The molecule has 0 saturated carbocycles. The van der Waals surface area contributed by atoms with Gasteiger partial charge in [0.15, 0.2) is 11.5 Å². The Labute approximate surface area is 157 Å². The van der Waals surface area contributed by atoms with Crippen molar-refractivity contribution >= 4 is 11.8 Å². The average Bonchev–Trinajstić information content (AvgIpc) is 2.67. The lowest BCUT2D eigenvalue weighted by Gasteiger charge is -2.10. The number of halogens is 1. The molecule has 0 atom stereocenters. The van der Waals surface area contributed by atoms with Gasteiger partial charge in [0.1, 0.15) is 5.82 Å². The molecule has 2 amide bonds. The fourth-order valence-corrected chi connectivity index (χ4v) is 2.45. The van der Waals surface area contributed by atoms with E-state index in [1.807, 2.05) is 0 Å². The van der Waals surface area contributed by atoms with Crippen LogP contribution < -0.4 is 20.1 Å². The van der Waals surface area contributed by atoms with Crippen molar-refractivity contribution in [2.75, 3.05) is 27.3 Å². The van der Waals surface area contributed by atoms with Gasteiger partial charge in [-0.25, -0.2) is 4.39 Å². The minimum absolute atomic E-state index is 0.178. The summed E-state index contributed by atoms with van der Waals surface area (Å²) in [5.74, 6) is 0.157. The number of aryl methyl sites for hydroxylation is 1. The summed E-state index contributed by atoms with van der Waals surface area (Å²) in [6.45, 7) is 2.14. The van der Waals surface area contributed by atoms with Gasteiger partial charge in [-0.1, -0.05) is 12.1 Å². The van der Waals surface area contributed by atoms with E-state index in [0.29, 0.717) is 17.1 Å². The number of carbonyl (C=O) groups excluding carboxylic acids is 2. The van der Waals surface area contributed by atoms with Gasteiger partial charge in [-0.3, -0.25) is 9.59 Å². The molecule has 0 aromatic heterocycles. The largest absolute Gasteiger partial charge is 0.493 e. The maximum absolute atomic E-state index is 13.5. The maximum Gasteiger partial charge on any atom is 0.251 e. The molecule has 0 radical (unpaired) electrons. The normalized spacial score (nSPS) is 10.2. The van der Waals surface area contributed by atoms with Gasteiger partial charge in [0.25, 0.3) is 5.91 Å². The summed E-state index contributed by atoms with van der Waals surface area (Å²) in [5, 5.41) is 5.37. The molecule has 0 heterocycles. The topological polar surface area (TPSA) is 76.7 Å². The number of ether oxygens (including phenoxy) is 2. The smallest absolute Gasteiger partial charge is 0.251 e. The molecule has 7 heteroatoms. The van der Waals surface area contributed by atoms with Crippen molar-refractivity contribution in [3.8, 4) is 11.5 Å². The lowest BCUT2D eigenvalue weighted by molar-refractivity contribution is -0.120. The molecule has 2 aromatic carbocycles. The van der Waals surface area contributed by atoms with Crippen molar-refractivity contribution in [1.29, 1.82) is 0 Å². The maximum atomic E-state index is 13.5. The molecular weight excluding hydrogens is 351 g/mol. The van der Waals surface area contributed by atoms with Crippen LogP contribution in [0.15, 0.2) is 36.4 Å². The molecule has 0 bridgehead atoms. The summed E-state index contributed by atoms with van der Waals surface area (Å²) in [7, 11) is 3.08. The van der Waals surface area contributed by atoms with E-state index in [1.54, 1.807) is 44.4 Å². The molecule has 27 heavy (non-hydrogen) atoms. The molecular formula is C20H23FN2O4. The Morgan fingerprint density at radius 2 is 1.67 bits per heavy atom. The van der Waals surface area contributed by atoms with Crippen LogP contribution in [-0.4, -0.2) is 39.1 Å². The van der Waals surface area contributed by atoms with Gasteiger partial charge in [-0.05, 0) is 42.3 Å². The van der Waals surface area contributed by atoms with E-state index in [1.165, 1.54) is 13.2 Å². The third-order valence-corrected chi connectivity index (χ3v) is 3.98. The Bertz CT molecular complexity index is 824. The van der Waals surface area contributed by atoms with Crippen LogP contribution in [0, 0.1) is 12.7 Å². The van der Waals surface area contributed by atoms with Crippen molar-refractivity contribution < 1.29 is 23.5 Å². The summed E-state index contributed by atoms with van der Waals surface area (Å²) < 4.78 is 23.9. The van der Waals surface area contributed by atoms with Gasteiger partial charge in [-0.2, -0.15) is 0 Å². The van der Waals surface area contributed by atoms with E-state index in [2.05, 4.69) is 10.6 Å². The zero-order chi connectivity index (χ0) is 19.8. The summed E-state index contributed by atoms with van der Waals surface area (Å²) in [6, 6.07) is 9.57. The molecule has 2 aromatic rings. The predicted molar refractivity (Wildman–Crippen MR) is 99.7 cm³/mol. The number of benzene rings is 2. The Morgan fingerprint density at radius 3 is 2.33 bits per heavy atom. The highest BCUT2D eigenvalue weighted by atomic mass is 19.1. The predicted octanol–water partition coefficient (Wildman–Crippen LogP) is 2.24. The fourth-order valence-electron chi connectivity index (χ4n) is 2.45. The molecule has 0 aliphatic carbocycles. The van der Waals surface area contributed by atoms with Gasteiger partial charge in [0.2, 0.25) is 5.91 Å². The van der Waals surface area contributed by atoms with Crippen molar-refractivity contribution in [3.63, 3.8) is 0 Å². The van der Waals surface area contributed by atoms with Crippen LogP contribution in [0.3, 0.4) is 0 Å². The number of hydrogen-bond donors (Lipinski definition) is 2. The molecule has 0 spiro atoms. The second-order valence-corrected chi connectivity index (χ2v) is 5.94. The highest BCUT2D eigenvalue weighted by Gasteiger charge is 2.10. The van der Waals surface area contributed by atoms with Gasteiger partial charge in [-0.15, -0.1) is 0 Å². The Kier molecular flexibility index (Phi) is 7.16. The first kappa shape index (κ1) is 20.2. The van der Waals surface area contributed by atoms with E-state index in [0.717, 1.165) is 5.56 Å². The third-order valence-electron chi connectivity index (χ3n) is 3.98. The van der Waals surface area contributed by atoms with Crippen LogP contribution in [0.5, 0.6) is 11.5 Å². The first-order valence-corrected chi connectivity index (χ1v) is 8.46. The summed E-state index contributed by atoms with van der Waals surface area (Å²) in [5.41, 5.74) is 1.51. The number of nitrogens with one attached hydrogen (secondary N) is 2. The van der Waals surface area contributed by atoms with Crippen LogP contribution in [0.2, 0.25) is 0 Å². The summed E-state index contributed by atoms with van der Waals surface area (Å²) in [6.07, 6.45) is 0.178. The number of hydrogen-bond acceptors (Lipinski definition) is 4. The molecule has 144 valence electrons. The molecule has 0 unspecified atom stereocenters. The second-order valence-electron chi connectivity index (χ2n) is 5.94.